The van der Waals surface area contributed by atoms with E-state index in [1.807, 2.05) is 0 Å². The molecule has 4 nitrogen and oxygen atoms in total. The zero-order valence-electron chi connectivity index (χ0n) is 4.14. The first-order valence-electron chi connectivity index (χ1n) is 0.903. The van der Waals surface area contributed by atoms with Gasteiger partial charge in [0, 0.05) is 69.2 Å². The van der Waals surface area contributed by atoms with E-state index in [0.717, 1.165) is 0 Å². The van der Waals surface area contributed by atoms with Crippen LogP contribution in [0.5, 0.6) is 0 Å². The van der Waals surface area contributed by atoms with Crippen LogP contribution in [-0.2, 0) is 12.3 Å². The topological polar surface area (TPSA) is 68.3 Å². The quantitative estimate of drug-likeness (QED) is 0.439. The molecule has 0 aromatic heterocycles. The smallest absolute Gasteiger partial charge is 0.217 e. The van der Waals surface area contributed by atoms with Crippen LogP contribution in [0.3, 0.4) is 0 Å². The summed E-state index contributed by atoms with van der Waals surface area (Å²) < 4.78 is 35.6. The van der Waals surface area contributed by atoms with E-state index in [9.17, 15) is 0 Å². The summed E-state index contributed by atoms with van der Waals surface area (Å²) in [6, 6.07) is 0. The van der Waals surface area contributed by atoms with Crippen LogP contribution in [0, 0.1) is 0 Å². The Kier molecular flexibility index (Phi) is 26.7. The van der Waals surface area contributed by atoms with Crippen molar-refractivity contribution in [1.29, 1.82) is 0 Å². The summed E-state index contributed by atoms with van der Waals surface area (Å²) in [5.41, 5.74) is 0. The molecule has 0 fully saturated rings. The molecule has 0 saturated heterocycles. The van der Waals surface area contributed by atoms with E-state index in [1.54, 1.807) is 0 Å². The van der Waals surface area contributed by atoms with Crippen LogP contribution in [0.1, 0.15) is 0 Å². The van der Waals surface area contributed by atoms with Crippen molar-refractivity contribution in [2.75, 3.05) is 0 Å². The second kappa shape index (κ2) is 13.5. The van der Waals surface area contributed by atoms with Gasteiger partial charge in [-0.15, -0.1) is 0 Å². The fourth-order valence-corrected chi connectivity index (χ4v) is 0. The molecule has 9 heavy (non-hydrogen) atoms. The molecule has 0 aromatic carbocycles. The van der Waals surface area contributed by atoms with E-state index < -0.39 is 37.3 Å². The van der Waals surface area contributed by atoms with Crippen LogP contribution in [0.15, 0.2) is 0 Å². The molecule has 0 aliphatic carbocycles. The number of rotatable bonds is 0. The SMILES string of the molecule is O=I(=O)Cl.O=I(=O)Cl.[K]. The van der Waals surface area contributed by atoms with Crippen LogP contribution >= 0.6 is 55.1 Å². The van der Waals surface area contributed by atoms with E-state index in [2.05, 4.69) is 17.8 Å². The monoisotopic (exact) mass is 427 g/mol. The van der Waals surface area contributed by atoms with Crippen molar-refractivity contribution in [2.45, 2.75) is 0 Å². The molecule has 0 unspecified atom stereocenters. The molecule has 0 saturated carbocycles. The first-order chi connectivity index (χ1) is 3.46. The number of hydrogen-bond donors (Lipinski definition) is 0. The van der Waals surface area contributed by atoms with Crippen molar-refractivity contribution in [1.82, 2.24) is 0 Å². The van der Waals surface area contributed by atoms with Crippen LogP contribution < -0.4 is 0 Å². The third kappa shape index (κ3) is 104. The minimum Gasteiger partial charge on any atom is -0.217 e. The van der Waals surface area contributed by atoms with E-state index in [1.165, 1.54) is 0 Å². The van der Waals surface area contributed by atoms with Crippen molar-refractivity contribution >= 4 is 107 Å². The molecular formula is Cl2I2KO4. The standard InChI is InChI=1S/2ClIO2.K/c2*1-2(3)4;. The van der Waals surface area contributed by atoms with Gasteiger partial charge in [0.2, 0.25) is 0 Å². The Hall–Kier alpha value is 2.88. The van der Waals surface area contributed by atoms with Crippen molar-refractivity contribution in [3.63, 3.8) is 0 Å². The Morgan fingerprint density at radius 3 is 0.778 bits per heavy atom. The van der Waals surface area contributed by atoms with Crippen molar-refractivity contribution in [2.24, 2.45) is 0 Å². The molecule has 0 aliphatic rings. The summed E-state index contributed by atoms with van der Waals surface area (Å²) in [5.74, 6) is 0. The van der Waals surface area contributed by atoms with Crippen LogP contribution in [0.4, 0.5) is 0 Å². The van der Waals surface area contributed by atoms with Gasteiger partial charge in [0.25, 0.3) is 0 Å². The van der Waals surface area contributed by atoms with E-state index in [0.29, 0.717) is 0 Å². The predicted octanol–water partition coefficient (Wildman–Crippen LogP) is 2.29. The predicted molar refractivity (Wildman–Crippen MR) is 48.2 cm³/mol. The van der Waals surface area contributed by atoms with Crippen molar-refractivity contribution in [3.05, 3.63) is 0 Å². The molecular weight excluding hydrogens is 428 g/mol. The molecule has 0 heterocycles. The van der Waals surface area contributed by atoms with Gasteiger partial charge in [-0.2, -0.15) is 0 Å². The Bertz CT molecular complexity index is 133. The summed E-state index contributed by atoms with van der Waals surface area (Å²) in [4.78, 5) is 0. The molecule has 0 aliphatic heterocycles. The van der Waals surface area contributed by atoms with E-state index in [-0.39, 0.29) is 51.4 Å². The molecule has 9 heteroatoms. The van der Waals surface area contributed by atoms with Crippen LogP contribution in [-0.4, -0.2) is 51.4 Å². The van der Waals surface area contributed by atoms with Crippen molar-refractivity contribution in [3.8, 4) is 0 Å². The molecule has 0 rings (SSSR count). The normalized spacial score (nSPS) is 7.56. The fraction of sp³-hybridized carbons (Fsp3) is 0. The van der Waals surface area contributed by atoms with Gasteiger partial charge in [-0.3, -0.25) is 0 Å². The van der Waals surface area contributed by atoms with E-state index in [4.69, 9.17) is 12.3 Å². The first kappa shape index (κ1) is 17.8. The maximum absolute atomic E-state index is 8.89. The fourth-order valence-electron chi connectivity index (χ4n) is 0. The largest absolute Gasteiger partial charge is 0.409 e. The van der Waals surface area contributed by atoms with Gasteiger partial charge in [0.05, 0.1) is 0 Å². The Balaban J connectivity index is -0.0000000720. The summed E-state index contributed by atoms with van der Waals surface area (Å²) in [6.45, 7) is 0. The molecule has 53 valence electrons. The summed E-state index contributed by atoms with van der Waals surface area (Å²) in [5, 5.41) is 0. The maximum Gasteiger partial charge on any atom is 0.409 e. The average molecular weight is 428 g/mol. The van der Waals surface area contributed by atoms with Gasteiger partial charge in [-0.05, 0) is 0 Å². The summed E-state index contributed by atoms with van der Waals surface area (Å²) >= 11 is -6.58. The maximum atomic E-state index is 8.89. The second-order valence-corrected chi connectivity index (χ2v) is 5.54. The van der Waals surface area contributed by atoms with Gasteiger partial charge in [0.1, 0.15) is 0 Å². The zero-order valence-corrected chi connectivity index (χ0v) is 13.1. The van der Waals surface area contributed by atoms with Crippen LogP contribution in [0.2, 0.25) is 0 Å². The summed E-state index contributed by atoms with van der Waals surface area (Å²) in [7, 11) is 8.64. The third-order valence-corrected chi connectivity index (χ3v) is 0. The number of hydrogen-bond acceptors (Lipinski definition) is 4. The molecule has 0 bridgehead atoms. The number of halogens is 4. The minimum atomic E-state index is -3.29. The van der Waals surface area contributed by atoms with Gasteiger partial charge in [-0.1, -0.05) is 0 Å². The summed E-state index contributed by atoms with van der Waals surface area (Å²) in [6.07, 6.45) is 0. The molecule has 0 amide bonds. The third-order valence-electron chi connectivity index (χ3n) is 0. The van der Waals surface area contributed by atoms with Gasteiger partial charge < -0.3 is 0 Å². The Morgan fingerprint density at radius 2 is 0.778 bits per heavy atom. The minimum absolute atomic E-state index is 0. The van der Waals surface area contributed by atoms with Crippen molar-refractivity contribution < 1.29 is 12.3 Å². The van der Waals surface area contributed by atoms with Gasteiger partial charge in [-0.25, -0.2) is 12.3 Å². The first-order valence-corrected chi connectivity index (χ1v) is 9.89. The Labute approximate surface area is 116 Å². The molecule has 0 aromatic rings. The second-order valence-electron chi connectivity index (χ2n) is 0.359. The van der Waals surface area contributed by atoms with Gasteiger partial charge in [0.15, 0.2) is 0 Å². The van der Waals surface area contributed by atoms with Crippen LogP contribution in [0.25, 0.3) is 0 Å². The molecule has 0 N–H and O–H groups in total. The van der Waals surface area contributed by atoms with E-state index >= 15 is 0 Å². The average Bonchev–Trinajstić information content (AvgIpc) is 1.25. The van der Waals surface area contributed by atoms with Gasteiger partial charge >= 0.3 is 37.3 Å². The zero-order chi connectivity index (χ0) is 7.15. The Morgan fingerprint density at radius 1 is 0.778 bits per heavy atom. The molecule has 0 spiro atoms. The molecule has 0 atom stereocenters. The molecule has 1 radical (unpaired) electrons.